The van der Waals surface area contributed by atoms with Gasteiger partial charge in [-0.2, -0.15) is 0 Å². The fourth-order valence-corrected chi connectivity index (χ4v) is 3.42. The Hall–Kier alpha value is -1.82. The zero-order valence-electron chi connectivity index (χ0n) is 13.7. The third-order valence-electron chi connectivity index (χ3n) is 3.99. The van der Waals surface area contributed by atoms with Crippen molar-refractivity contribution in [3.8, 4) is 0 Å². The van der Waals surface area contributed by atoms with E-state index in [0.717, 1.165) is 16.5 Å². The molecular weight excluding hydrogens is 308 g/mol. The minimum Gasteiger partial charge on any atom is -0.351 e. The zero-order valence-corrected chi connectivity index (χ0v) is 14.6. The number of hydrogen-bond acceptors (Lipinski definition) is 4. The molecular formula is C17H22N4OS. The van der Waals surface area contributed by atoms with Gasteiger partial charge < -0.3 is 9.88 Å². The van der Waals surface area contributed by atoms with E-state index in [4.69, 9.17) is 0 Å². The van der Waals surface area contributed by atoms with Crippen molar-refractivity contribution < 1.29 is 4.79 Å². The average molecular weight is 330 g/mol. The molecule has 1 amide bonds. The van der Waals surface area contributed by atoms with Crippen LogP contribution in [0, 0.1) is 13.8 Å². The van der Waals surface area contributed by atoms with Gasteiger partial charge >= 0.3 is 0 Å². The third kappa shape index (κ3) is 3.93. The van der Waals surface area contributed by atoms with Crippen LogP contribution in [0.25, 0.3) is 0 Å². The molecule has 23 heavy (non-hydrogen) atoms. The molecule has 0 saturated heterocycles. The number of carbonyl (C=O) groups is 1. The van der Waals surface area contributed by atoms with E-state index in [-0.39, 0.29) is 11.2 Å². The average Bonchev–Trinajstić information content (AvgIpc) is 3.30. The van der Waals surface area contributed by atoms with E-state index < -0.39 is 0 Å². The largest absolute Gasteiger partial charge is 0.351 e. The van der Waals surface area contributed by atoms with Crippen molar-refractivity contribution in [1.82, 2.24) is 20.1 Å². The normalized spacial score (nSPS) is 15.4. The van der Waals surface area contributed by atoms with Crippen LogP contribution >= 0.6 is 11.8 Å². The number of carbonyl (C=O) groups excluding carboxylic acids is 1. The van der Waals surface area contributed by atoms with Crippen LogP contribution in [0.3, 0.4) is 0 Å². The van der Waals surface area contributed by atoms with E-state index in [9.17, 15) is 4.79 Å². The Morgan fingerprint density at radius 2 is 2.00 bits per heavy atom. The Balaban J connectivity index is 1.56. The van der Waals surface area contributed by atoms with Crippen molar-refractivity contribution in [2.45, 2.75) is 56.6 Å². The van der Waals surface area contributed by atoms with Gasteiger partial charge in [-0.3, -0.25) is 4.79 Å². The number of benzene rings is 1. The van der Waals surface area contributed by atoms with Gasteiger partial charge in [-0.25, -0.2) is 0 Å². The number of amides is 1. The zero-order chi connectivity index (χ0) is 16.4. The molecule has 2 aromatic rings. The smallest absolute Gasteiger partial charge is 0.233 e. The topological polar surface area (TPSA) is 59.8 Å². The number of aromatic nitrogens is 3. The molecule has 1 heterocycles. The molecule has 1 fully saturated rings. The Morgan fingerprint density at radius 3 is 2.65 bits per heavy atom. The third-order valence-corrected chi connectivity index (χ3v) is 5.04. The number of aryl methyl sites for hydroxylation is 2. The molecule has 1 aliphatic carbocycles. The maximum Gasteiger partial charge on any atom is 0.233 e. The minimum atomic E-state index is -0.193. The predicted molar refractivity (Wildman–Crippen MR) is 91.4 cm³/mol. The summed E-state index contributed by atoms with van der Waals surface area (Å²) < 4.78 is 2.16. The summed E-state index contributed by atoms with van der Waals surface area (Å²) in [4.78, 5) is 12.3. The molecule has 1 atom stereocenters. The quantitative estimate of drug-likeness (QED) is 0.827. The fourth-order valence-electron chi connectivity index (χ4n) is 2.43. The molecule has 1 aromatic carbocycles. The fraction of sp³-hybridized carbons (Fsp3) is 0.471. The first-order valence-corrected chi connectivity index (χ1v) is 8.84. The van der Waals surface area contributed by atoms with Gasteiger partial charge in [0, 0.05) is 12.6 Å². The highest BCUT2D eigenvalue weighted by atomic mass is 32.2. The second kappa shape index (κ2) is 6.74. The number of thioether (sulfide) groups is 1. The van der Waals surface area contributed by atoms with Crippen LogP contribution in [0.15, 0.2) is 29.4 Å². The highest BCUT2D eigenvalue weighted by molar-refractivity contribution is 8.00. The number of nitrogens with one attached hydrogen (secondary N) is 1. The van der Waals surface area contributed by atoms with Crippen LogP contribution in [0.5, 0.6) is 0 Å². The van der Waals surface area contributed by atoms with Gasteiger partial charge in [-0.1, -0.05) is 41.6 Å². The van der Waals surface area contributed by atoms with E-state index in [0.29, 0.717) is 12.6 Å². The Bertz CT molecular complexity index is 691. The van der Waals surface area contributed by atoms with Crippen LogP contribution in [0.4, 0.5) is 0 Å². The summed E-state index contributed by atoms with van der Waals surface area (Å²) in [5.41, 5.74) is 2.33. The van der Waals surface area contributed by atoms with Gasteiger partial charge in [0.1, 0.15) is 5.82 Å². The monoisotopic (exact) mass is 330 g/mol. The van der Waals surface area contributed by atoms with Crippen molar-refractivity contribution in [2.75, 3.05) is 0 Å². The molecule has 5 nitrogen and oxygen atoms in total. The molecule has 1 aliphatic rings. The first kappa shape index (κ1) is 16.1. The number of hydrogen-bond donors (Lipinski definition) is 1. The van der Waals surface area contributed by atoms with Gasteiger partial charge in [0.15, 0.2) is 5.16 Å². The van der Waals surface area contributed by atoms with Crippen LogP contribution in [0.2, 0.25) is 0 Å². The molecule has 1 N–H and O–H groups in total. The van der Waals surface area contributed by atoms with Crippen LogP contribution in [0.1, 0.15) is 42.8 Å². The molecule has 0 radical (unpaired) electrons. The van der Waals surface area contributed by atoms with Crippen molar-refractivity contribution in [1.29, 1.82) is 0 Å². The summed E-state index contributed by atoms with van der Waals surface area (Å²) in [5, 5.41) is 12.0. The maximum atomic E-state index is 12.3. The lowest BCUT2D eigenvalue weighted by molar-refractivity contribution is -0.120. The Morgan fingerprint density at radius 1 is 1.30 bits per heavy atom. The Labute approximate surface area is 140 Å². The maximum absolute atomic E-state index is 12.3. The van der Waals surface area contributed by atoms with E-state index >= 15 is 0 Å². The second-order valence-corrected chi connectivity index (χ2v) is 7.40. The first-order valence-electron chi connectivity index (χ1n) is 7.96. The first-order chi connectivity index (χ1) is 11.0. The Kier molecular flexibility index (Phi) is 4.71. The molecule has 0 bridgehead atoms. The van der Waals surface area contributed by atoms with E-state index in [1.54, 1.807) is 0 Å². The summed E-state index contributed by atoms with van der Waals surface area (Å²) in [5.74, 6) is 0.959. The molecule has 6 heteroatoms. The molecule has 122 valence electrons. The highest BCUT2D eigenvalue weighted by Gasteiger charge is 2.29. The predicted octanol–water partition coefficient (Wildman–Crippen LogP) is 3.03. The van der Waals surface area contributed by atoms with Crippen LogP contribution in [-0.4, -0.2) is 25.9 Å². The molecule has 1 aromatic heterocycles. The lowest BCUT2D eigenvalue weighted by Gasteiger charge is -2.13. The molecule has 1 saturated carbocycles. The van der Waals surface area contributed by atoms with Crippen molar-refractivity contribution >= 4 is 17.7 Å². The molecule has 0 spiro atoms. The summed E-state index contributed by atoms with van der Waals surface area (Å²) in [6.07, 6.45) is 2.36. The van der Waals surface area contributed by atoms with E-state index in [1.165, 1.54) is 30.2 Å². The van der Waals surface area contributed by atoms with Crippen molar-refractivity contribution in [3.63, 3.8) is 0 Å². The van der Waals surface area contributed by atoms with E-state index in [2.05, 4.69) is 39.1 Å². The second-order valence-electron chi connectivity index (χ2n) is 6.09. The molecule has 0 unspecified atom stereocenters. The lowest BCUT2D eigenvalue weighted by Crippen LogP contribution is -2.30. The molecule has 0 aliphatic heterocycles. The van der Waals surface area contributed by atoms with Gasteiger partial charge in [0.05, 0.1) is 5.25 Å². The van der Waals surface area contributed by atoms with Gasteiger partial charge in [-0.15, -0.1) is 10.2 Å². The minimum absolute atomic E-state index is 0.0265. The standard InChI is InChI=1S/C17H22N4OS/c1-11-4-6-14(7-5-11)10-18-16(22)12(2)23-17-20-19-13(3)21(17)15-8-9-15/h4-7,12,15H,8-10H2,1-3H3,(H,18,22)/t12-/m0/s1. The summed E-state index contributed by atoms with van der Waals surface area (Å²) in [6, 6.07) is 8.72. The SMILES string of the molecule is Cc1ccc(CNC(=O)[C@H](C)Sc2nnc(C)n2C2CC2)cc1. The summed E-state index contributed by atoms with van der Waals surface area (Å²) in [6.45, 7) is 6.49. The summed E-state index contributed by atoms with van der Waals surface area (Å²) >= 11 is 1.48. The van der Waals surface area contributed by atoms with Gasteiger partial charge in [0.2, 0.25) is 5.91 Å². The van der Waals surface area contributed by atoms with Gasteiger partial charge in [-0.05, 0) is 39.2 Å². The van der Waals surface area contributed by atoms with E-state index in [1.807, 2.05) is 26.0 Å². The number of rotatable bonds is 6. The van der Waals surface area contributed by atoms with Crippen LogP contribution in [-0.2, 0) is 11.3 Å². The summed E-state index contributed by atoms with van der Waals surface area (Å²) in [7, 11) is 0. The van der Waals surface area contributed by atoms with Crippen molar-refractivity contribution in [3.05, 3.63) is 41.2 Å². The van der Waals surface area contributed by atoms with Crippen LogP contribution < -0.4 is 5.32 Å². The molecule has 3 rings (SSSR count). The highest BCUT2D eigenvalue weighted by Crippen LogP contribution is 2.39. The number of nitrogens with zero attached hydrogens (tertiary/aromatic N) is 3. The van der Waals surface area contributed by atoms with Gasteiger partial charge in [0.25, 0.3) is 0 Å². The van der Waals surface area contributed by atoms with Crippen molar-refractivity contribution in [2.24, 2.45) is 0 Å². The lowest BCUT2D eigenvalue weighted by atomic mass is 10.1.